The van der Waals surface area contributed by atoms with Gasteiger partial charge in [-0.15, -0.1) is 0 Å². The van der Waals surface area contributed by atoms with E-state index < -0.39 is 30.8 Å². The molecule has 2 aromatic heterocycles. The molecule has 12 heteroatoms. The molecule has 0 atom stereocenters. The van der Waals surface area contributed by atoms with Crippen molar-refractivity contribution in [1.82, 2.24) is 19.5 Å². The van der Waals surface area contributed by atoms with Gasteiger partial charge in [-0.05, 0) is 0 Å². The predicted molar refractivity (Wildman–Crippen MR) is 94.3 cm³/mol. The molecule has 2 heterocycles. The molecule has 0 aliphatic rings. The van der Waals surface area contributed by atoms with Gasteiger partial charge in [0.1, 0.15) is 0 Å². The monoisotopic (exact) mass is 650 g/mol. The number of nitrogens with two attached hydrogens (primary N) is 1. The molecule has 0 bridgehead atoms. The standard InChI is InChI=1S/C10H15N5O4.I3/c11-9-13-7-6(8(19)14-9)12-5-15(7)1-10(2-16,3-17)4-18;1-3-2/h5,16-18H,1-4H2,(H3,11,13,14,19);/q;-1. The average Bonchev–Trinajstić information content (AvgIpc) is 2.89. The summed E-state index contributed by atoms with van der Waals surface area (Å²) in [5, 5.41) is 27.9. The summed E-state index contributed by atoms with van der Waals surface area (Å²) < 4.78 is 1.46. The van der Waals surface area contributed by atoms with E-state index in [-0.39, 0.29) is 23.7 Å². The van der Waals surface area contributed by atoms with Crippen LogP contribution in [0.4, 0.5) is 5.95 Å². The maximum Gasteiger partial charge on any atom is 0.280 e. The third-order valence-corrected chi connectivity index (χ3v) is 3.01. The Labute approximate surface area is 155 Å². The Kier molecular flexibility index (Phi) is 8.75. The first kappa shape index (κ1) is 20.3. The van der Waals surface area contributed by atoms with Crippen molar-refractivity contribution in [2.24, 2.45) is 5.41 Å². The number of aromatic amines is 1. The van der Waals surface area contributed by atoms with Crippen molar-refractivity contribution in [2.45, 2.75) is 6.54 Å². The minimum absolute atomic E-state index is 0.0538. The van der Waals surface area contributed by atoms with Crippen molar-refractivity contribution >= 4 is 54.3 Å². The minimum Gasteiger partial charge on any atom is -0.396 e. The van der Waals surface area contributed by atoms with Crippen LogP contribution in [0.2, 0.25) is 0 Å². The molecular weight excluding hydrogens is 635 g/mol. The van der Waals surface area contributed by atoms with Crippen LogP contribution in [-0.4, -0.2) is 54.7 Å². The molecular formula is C10H15I3N5O4-. The number of aliphatic hydroxyl groups excluding tert-OH is 3. The molecule has 0 aromatic carbocycles. The van der Waals surface area contributed by atoms with E-state index in [9.17, 15) is 20.1 Å². The fourth-order valence-electron chi connectivity index (χ4n) is 1.75. The van der Waals surface area contributed by atoms with Gasteiger partial charge in [0, 0.05) is 6.54 Å². The molecule has 0 radical (unpaired) electrons. The third-order valence-electron chi connectivity index (χ3n) is 3.01. The SMILES string of the molecule is I[I-]I.Nc1nc2c(ncn2CC(CO)(CO)CO)c(=O)[nH]1. The van der Waals surface area contributed by atoms with Gasteiger partial charge in [-0.2, -0.15) is 4.98 Å². The van der Waals surface area contributed by atoms with E-state index in [0.717, 1.165) is 0 Å². The first-order chi connectivity index (χ1) is 10.5. The molecule has 0 spiro atoms. The number of hydrogen-bond donors (Lipinski definition) is 5. The van der Waals surface area contributed by atoms with Gasteiger partial charge in [0.05, 0.1) is 31.6 Å². The Balaban J connectivity index is 0.000000745. The number of nitrogens with one attached hydrogen (secondary N) is 1. The van der Waals surface area contributed by atoms with Crippen molar-refractivity contribution < 1.29 is 28.6 Å². The molecule has 2 rings (SSSR count). The van der Waals surface area contributed by atoms with Gasteiger partial charge in [0.2, 0.25) is 5.95 Å². The van der Waals surface area contributed by atoms with Gasteiger partial charge in [-0.1, -0.05) is 0 Å². The zero-order valence-corrected chi connectivity index (χ0v) is 17.7. The van der Waals surface area contributed by atoms with E-state index in [2.05, 4.69) is 52.2 Å². The second-order valence-electron chi connectivity index (χ2n) is 4.52. The Bertz CT molecular complexity index is 649. The zero-order valence-electron chi connectivity index (χ0n) is 11.2. The zero-order chi connectivity index (χ0) is 16.8. The van der Waals surface area contributed by atoms with Crippen LogP contribution in [0.25, 0.3) is 11.2 Å². The summed E-state index contributed by atoms with van der Waals surface area (Å²) in [6, 6.07) is 0. The number of imidazole rings is 1. The van der Waals surface area contributed by atoms with Crippen LogP contribution >= 0.6 is 37.2 Å². The Morgan fingerprint density at radius 2 is 1.86 bits per heavy atom. The van der Waals surface area contributed by atoms with E-state index in [4.69, 9.17) is 5.73 Å². The second-order valence-corrected chi connectivity index (χ2v) is 20.8. The summed E-state index contributed by atoms with van der Waals surface area (Å²) in [6.07, 6.45) is 1.35. The number of aromatic nitrogens is 4. The number of hydrogen-bond acceptors (Lipinski definition) is 7. The topological polar surface area (TPSA) is 150 Å². The first-order valence-electron chi connectivity index (χ1n) is 5.87. The predicted octanol–water partition coefficient (Wildman–Crippen LogP) is -3.56. The van der Waals surface area contributed by atoms with Crippen molar-refractivity contribution in [3.8, 4) is 0 Å². The van der Waals surface area contributed by atoms with E-state index in [1.807, 2.05) is 0 Å². The van der Waals surface area contributed by atoms with Gasteiger partial charge < -0.3 is 25.6 Å². The van der Waals surface area contributed by atoms with Crippen LogP contribution in [0.15, 0.2) is 11.1 Å². The minimum atomic E-state index is -1.12. The van der Waals surface area contributed by atoms with E-state index in [0.29, 0.717) is 13.3 Å². The van der Waals surface area contributed by atoms with Crippen LogP contribution in [0.5, 0.6) is 0 Å². The van der Waals surface area contributed by atoms with Crippen molar-refractivity contribution in [3.05, 3.63) is 16.7 Å². The first-order valence-corrected chi connectivity index (χ1v) is 18.4. The Morgan fingerprint density at radius 3 is 2.36 bits per heavy atom. The van der Waals surface area contributed by atoms with Crippen molar-refractivity contribution in [2.75, 3.05) is 25.6 Å². The summed E-state index contributed by atoms with van der Waals surface area (Å²) >= 11 is 5.30. The molecule has 0 aliphatic heterocycles. The fraction of sp³-hybridized carbons (Fsp3) is 0.500. The summed E-state index contributed by atoms with van der Waals surface area (Å²) in [6.45, 7) is -1.20. The number of aliphatic hydroxyl groups is 3. The van der Waals surface area contributed by atoms with Gasteiger partial charge in [-0.25, -0.2) is 4.98 Å². The summed E-state index contributed by atoms with van der Waals surface area (Å²) in [5.41, 5.74) is 4.22. The molecule has 0 unspecified atom stereocenters. The number of nitrogen functional groups attached to an aromatic ring is 1. The van der Waals surface area contributed by atoms with Crippen LogP contribution < -0.4 is 24.5 Å². The number of nitrogens with zero attached hydrogens (tertiary/aromatic N) is 3. The van der Waals surface area contributed by atoms with Gasteiger partial charge in [0.15, 0.2) is 11.2 Å². The van der Waals surface area contributed by atoms with Crippen LogP contribution in [0.1, 0.15) is 0 Å². The number of rotatable bonds is 5. The molecule has 0 fully saturated rings. The quantitative estimate of drug-likeness (QED) is 0.211. The largest absolute Gasteiger partial charge is 0.396 e. The number of fused-ring (bicyclic) bond motifs is 1. The molecule has 0 saturated carbocycles. The Hall–Kier alpha value is 0.220. The van der Waals surface area contributed by atoms with E-state index in [1.165, 1.54) is 10.9 Å². The van der Waals surface area contributed by atoms with E-state index in [1.54, 1.807) is 0 Å². The molecule has 2 aromatic rings. The van der Waals surface area contributed by atoms with Gasteiger partial charge in [0.25, 0.3) is 5.56 Å². The maximum atomic E-state index is 11.6. The second kappa shape index (κ2) is 9.50. The molecule has 0 amide bonds. The van der Waals surface area contributed by atoms with Crippen molar-refractivity contribution in [1.29, 1.82) is 0 Å². The smallest absolute Gasteiger partial charge is 0.280 e. The van der Waals surface area contributed by atoms with Gasteiger partial charge in [-0.3, -0.25) is 9.78 Å². The third kappa shape index (κ3) is 4.86. The molecule has 0 saturated heterocycles. The van der Waals surface area contributed by atoms with Crippen LogP contribution in [0.3, 0.4) is 0 Å². The summed E-state index contributed by atoms with van der Waals surface area (Å²) in [5.74, 6) is -0.0538. The molecule has 0 aliphatic carbocycles. The Morgan fingerprint density at radius 1 is 1.32 bits per heavy atom. The van der Waals surface area contributed by atoms with Crippen LogP contribution in [-0.2, 0) is 6.54 Å². The summed E-state index contributed by atoms with van der Waals surface area (Å²) in [7, 11) is 0. The maximum absolute atomic E-state index is 11.6. The number of anilines is 1. The van der Waals surface area contributed by atoms with Gasteiger partial charge >= 0.3 is 50.5 Å². The number of halogens is 3. The van der Waals surface area contributed by atoms with Crippen LogP contribution in [0, 0.1) is 5.41 Å². The fourth-order valence-corrected chi connectivity index (χ4v) is 1.75. The number of H-pyrrole nitrogens is 1. The normalized spacial score (nSPS) is 11.5. The molecule has 22 heavy (non-hydrogen) atoms. The molecule has 126 valence electrons. The van der Waals surface area contributed by atoms with Crippen molar-refractivity contribution in [3.63, 3.8) is 0 Å². The summed E-state index contributed by atoms with van der Waals surface area (Å²) in [4.78, 5) is 21.8. The average molecular weight is 650 g/mol. The van der Waals surface area contributed by atoms with E-state index >= 15 is 0 Å². The molecule has 9 nitrogen and oxygen atoms in total. The molecule has 6 N–H and O–H groups in total.